The lowest BCUT2D eigenvalue weighted by molar-refractivity contribution is -0.0154. The second-order valence-electron chi connectivity index (χ2n) is 6.06. The van der Waals surface area contributed by atoms with Crippen molar-refractivity contribution in [1.29, 1.82) is 0 Å². The van der Waals surface area contributed by atoms with Crippen LogP contribution in [0.15, 0.2) is 4.52 Å². The van der Waals surface area contributed by atoms with Crippen LogP contribution < -0.4 is 5.32 Å². The summed E-state index contributed by atoms with van der Waals surface area (Å²) in [5, 5.41) is 17.3. The summed E-state index contributed by atoms with van der Waals surface area (Å²) in [4.78, 5) is 14.6. The Morgan fingerprint density at radius 1 is 1.32 bits per heavy atom. The average molecular weight is 309 g/mol. The molecular formula is C15H23N3O4. The maximum atomic E-state index is 12.4. The first-order valence-corrected chi connectivity index (χ1v) is 7.81. The van der Waals surface area contributed by atoms with Crippen molar-refractivity contribution in [3.05, 3.63) is 17.0 Å². The van der Waals surface area contributed by atoms with Gasteiger partial charge in [-0.1, -0.05) is 5.16 Å². The third-order valence-electron chi connectivity index (χ3n) is 4.67. The van der Waals surface area contributed by atoms with Gasteiger partial charge in [-0.3, -0.25) is 9.69 Å². The number of amides is 1. The first kappa shape index (κ1) is 15.5. The van der Waals surface area contributed by atoms with Gasteiger partial charge in [0, 0.05) is 19.1 Å². The fourth-order valence-corrected chi connectivity index (χ4v) is 3.47. The Hall–Kier alpha value is -1.44. The number of nitrogens with one attached hydrogen (secondary N) is 1. The molecule has 2 heterocycles. The standard InChI is InChI=1S/C15H23N3O4/c1-9-13(10(2)22-17-9)15(20)16-11-3-4-12(14(11)19)18-5-7-21-8-6-18/h11-12,14,19H,3-8H2,1-2H3,(H,16,20)/t11-,12-,14-/m1/s1. The number of carbonyl (C=O) groups is 1. The van der Waals surface area contributed by atoms with Gasteiger partial charge in [-0.25, -0.2) is 0 Å². The molecule has 7 nitrogen and oxygen atoms in total. The van der Waals surface area contributed by atoms with Crippen molar-refractivity contribution in [2.45, 2.75) is 44.9 Å². The van der Waals surface area contributed by atoms with E-state index in [1.165, 1.54) is 0 Å². The summed E-state index contributed by atoms with van der Waals surface area (Å²) in [6.45, 7) is 6.56. The molecule has 1 amide bonds. The van der Waals surface area contributed by atoms with E-state index in [-0.39, 0.29) is 18.0 Å². The molecule has 122 valence electrons. The lowest BCUT2D eigenvalue weighted by Gasteiger charge is -2.34. The Bertz CT molecular complexity index is 519. The number of aromatic nitrogens is 1. The zero-order chi connectivity index (χ0) is 15.7. The van der Waals surface area contributed by atoms with E-state index in [2.05, 4.69) is 15.4 Å². The minimum atomic E-state index is -0.553. The lowest BCUT2D eigenvalue weighted by atomic mass is 10.1. The molecule has 0 radical (unpaired) electrons. The Morgan fingerprint density at radius 3 is 2.68 bits per heavy atom. The van der Waals surface area contributed by atoms with E-state index in [4.69, 9.17) is 9.26 Å². The van der Waals surface area contributed by atoms with Crippen molar-refractivity contribution < 1.29 is 19.2 Å². The Balaban J connectivity index is 1.63. The van der Waals surface area contributed by atoms with Gasteiger partial charge in [0.25, 0.3) is 5.91 Å². The van der Waals surface area contributed by atoms with E-state index in [1.807, 2.05) is 0 Å². The number of nitrogens with zero attached hydrogens (tertiary/aromatic N) is 2. The van der Waals surface area contributed by atoms with Crippen LogP contribution in [0.1, 0.15) is 34.7 Å². The van der Waals surface area contributed by atoms with Crippen molar-refractivity contribution in [2.75, 3.05) is 26.3 Å². The molecule has 1 aromatic rings. The smallest absolute Gasteiger partial charge is 0.257 e. The summed E-state index contributed by atoms with van der Waals surface area (Å²) in [5.41, 5.74) is 1.05. The van der Waals surface area contributed by atoms with Crippen LogP contribution in [-0.2, 0) is 4.74 Å². The fraction of sp³-hybridized carbons (Fsp3) is 0.733. The summed E-state index contributed by atoms with van der Waals surface area (Å²) in [5.74, 6) is 0.287. The number of aliphatic hydroxyl groups is 1. The quantitative estimate of drug-likeness (QED) is 0.832. The summed E-state index contributed by atoms with van der Waals surface area (Å²) in [6, 6.07) is -0.132. The molecule has 2 fully saturated rings. The molecule has 3 atom stereocenters. The second-order valence-corrected chi connectivity index (χ2v) is 6.06. The highest BCUT2D eigenvalue weighted by Crippen LogP contribution is 2.26. The number of hydrogen-bond donors (Lipinski definition) is 2. The first-order valence-electron chi connectivity index (χ1n) is 7.81. The Morgan fingerprint density at radius 2 is 2.05 bits per heavy atom. The van der Waals surface area contributed by atoms with Gasteiger partial charge in [-0.05, 0) is 26.7 Å². The normalized spacial score (nSPS) is 29.7. The van der Waals surface area contributed by atoms with Crippen LogP contribution in [0.5, 0.6) is 0 Å². The van der Waals surface area contributed by atoms with Crippen LogP contribution in [0.2, 0.25) is 0 Å². The van der Waals surface area contributed by atoms with Crippen LogP contribution in [0, 0.1) is 13.8 Å². The van der Waals surface area contributed by atoms with Crippen molar-refractivity contribution in [3.8, 4) is 0 Å². The van der Waals surface area contributed by atoms with Gasteiger partial charge in [0.1, 0.15) is 11.3 Å². The van der Waals surface area contributed by atoms with Gasteiger partial charge in [0.15, 0.2) is 0 Å². The minimum Gasteiger partial charge on any atom is -0.389 e. The fourth-order valence-electron chi connectivity index (χ4n) is 3.47. The highest BCUT2D eigenvalue weighted by molar-refractivity contribution is 5.96. The van der Waals surface area contributed by atoms with Crippen molar-refractivity contribution in [2.24, 2.45) is 0 Å². The van der Waals surface area contributed by atoms with Crippen molar-refractivity contribution >= 4 is 5.91 Å². The number of aryl methyl sites for hydroxylation is 2. The number of rotatable bonds is 3. The number of ether oxygens (including phenoxy) is 1. The highest BCUT2D eigenvalue weighted by atomic mass is 16.5. The maximum absolute atomic E-state index is 12.4. The summed E-state index contributed by atoms with van der Waals surface area (Å²) >= 11 is 0. The molecule has 0 spiro atoms. The predicted molar refractivity (Wildman–Crippen MR) is 78.7 cm³/mol. The van der Waals surface area contributed by atoms with Crippen LogP contribution in [0.3, 0.4) is 0 Å². The zero-order valence-electron chi connectivity index (χ0n) is 13.0. The number of aliphatic hydroxyl groups excluding tert-OH is 1. The van der Waals surface area contributed by atoms with Crippen LogP contribution >= 0.6 is 0 Å². The molecule has 3 rings (SSSR count). The van der Waals surface area contributed by atoms with Crippen LogP contribution in [0.4, 0.5) is 0 Å². The van der Waals surface area contributed by atoms with E-state index >= 15 is 0 Å². The largest absolute Gasteiger partial charge is 0.389 e. The molecule has 1 aromatic heterocycles. The maximum Gasteiger partial charge on any atom is 0.257 e. The number of carbonyl (C=O) groups excluding carboxylic acids is 1. The molecule has 2 aliphatic rings. The highest BCUT2D eigenvalue weighted by Gasteiger charge is 2.39. The molecule has 1 saturated carbocycles. The van der Waals surface area contributed by atoms with E-state index < -0.39 is 6.10 Å². The Labute approximate surface area is 129 Å². The lowest BCUT2D eigenvalue weighted by Crippen LogP contribution is -2.51. The van der Waals surface area contributed by atoms with E-state index in [1.54, 1.807) is 13.8 Å². The second kappa shape index (κ2) is 6.36. The van der Waals surface area contributed by atoms with Crippen molar-refractivity contribution in [1.82, 2.24) is 15.4 Å². The average Bonchev–Trinajstić information content (AvgIpc) is 3.03. The van der Waals surface area contributed by atoms with Gasteiger partial charge in [-0.2, -0.15) is 0 Å². The summed E-state index contributed by atoms with van der Waals surface area (Å²) in [6.07, 6.45) is 1.11. The van der Waals surface area contributed by atoms with Crippen LogP contribution in [-0.4, -0.2) is 65.6 Å². The molecule has 1 aliphatic carbocycles. The molecule has 0 bridgehead atoms. The topological polar surface area (TPSA) is 87.8 Å². The molecule has 0 aromatic carbocycles. The predicted octanol–water partition coefficient (Wildman–Crippen LogP) is 0.245. The first-order chi connectivity index (χ1) is 10.6. The van der Waals surface area contributed by atoms with Gasteiger partial charge in [0.05, 0.1) is 31.1 Å². The number of hydrogen-bond acceptors (Lipinski definition) is 6. The zero-order valence-corrected chi connectivity index (χ0v) is 13.0. The van der Waals surface area contributed by atoms with Crippen LogP contribution in [0.25, 0.3) is 0 Å². The molecule has 0 unspecified atom stereocenters. The molecule has 22 heavy (non-hydrogen) atoms. The molecule has 1 saturated heterocycles. The summed E-state index contributed by atoms with van der Waals surface area (Å²) in [7, 11) is 0. The van der Waals surface area contributed by atoms with Gasteiger partial charge < -0.3 is 19.7 Å². The number of morpholine rings is 1. The van der Waals surface area contributed by atoms with Gasteiger partial charge >= 0.3 is 0 Å². The van der Waals surface area contributed by atoms with E-state index in [0.717, 1.165) is 25.9 Å². The van der Waals surface area contributed by atoms with E-state index in [0.29, 0.717) is 30.2 Å². The van der Waals surface area contributed by atoms with Gasteiger partial charge in [-0.15, -0.1) is 0 Å². The van der Waals surface area contributed by atoms with Crippen molar-refractivity contribution in [3.63, 3.8) is 0 Å². The third-order valence-corrected chi connectivity index (χ3v) is 4.67. The summed E-state index contributed by atoms with van der Waals surface area (Å²) < 4.78 is 10.4. The monoisotopic (exact) mass is 309 g/mol. The molecule has 7 heteroatoms. The third kappa shape index (κ3) is 2.88. The molecule has 2 N–H and O–H groups in total. The molecular weight excluding hydrogens is 286 g/mol. The van der Waals surface area contributed by atoms with Gasteiger partial charge in [0.2, 0.25) is 0 Å². The van der Waals surface area contributed by atoms with E-state index in [9.17, 15) is 9.90 Å². The SMILES string of the molecule is Cc1noc(C)c1C(=O)N[C@@H]1CC[C@@H](N2CCOCC2)[C@@H]1O. The minimum absolute atomic E-state index is 0.0962. The molecule has 1 aliphatic heterocycles. The Kier molecular flexibility index (Phi) is 4.46.